The van der Waals surface area contributed by atoms with Gasteiger partial charge in [0.2, 0.25) is 5.78 Å². The topological polar surface area (TPSA) is 43.4 Å². The van der Waals surface area contributed by atoms with Gasteiger partial charge in [-0.2, -0.15) is 0 Å². The molecular weight excluding hydrogens is 312 g/mol. The molecule has 2 saturated carbocycles. The number of hydrogen-bond acceptors (Lipinski definition) is 3. The van der Waals surface area contributed by atoms with Gasteiger partial charge in [-0.25, -0.2) is 0 Å². The molecule has 0 heterocycles. The Morgan fingerprint density at radius 1 is 1.20 bits per heavy atom. The van der Waals surface area contributed by atoms with Crippen LogP contribution in [0.3, 0.4) is 0 Å². The summed E-state index contributed by atoms with van der Waals surface area (Å²) in [4.78, 5) is 24.7. The van der Waals surface area contributed by atoms with Crippen molar-refractivity contribution in [2.75, 3.05) is 7.11 Å². The van der Waals surface area contributed by atoms with E-state index in [4.69, 9.17) is 4.74 Å². The Balaban J connectivity index is 1.93. The predicted molar refractivity (Wildman–Crippen MR) is 98.9 cm³/mol. The molecule has 0 aromatic carbocycles. The molecule has 0 amide bonds. The maximum Gasteiger partial charge on any atom is 0.220 e. The molecule has 0 aromatic rings. The zero-order chi connectivity index (χ0) is 18.4. The van der Waals surface area contributed by atoms with Crippen LogP contribution in [0.2, 0.25) is 0 Å². The number of rotatable bonds is 3. The summed E-state index contributed by atoms with van der Waals surface area (Å²) in [6, 6.07) is 0. The fourth-order valence-corrected chi connectivity index (χ4v) is 5.56. The molecule has 0 radical (unpaired) electrons. The smallest absolute Gasteiger partial charge is 0.220 e. The van der Waals surface area contributed by atoms with Crippen molar-refractivity contribution in [3.05, 3.63) is 35.6 Å². The van der Waals surface area contributed by atoms with Crippen molar-refractivity contribution < 1.29 is 14.3 Å². The average Bonchev–Trinajstić information content (AvgIpc) is 2.57. The standard InChI is InChI=1S/C22H30O3/c1-14-7-6-8-20-21(14,3)10-9-15(2)22(20,4)13-16-11-18(24)19(25-5)12-17(16)23/h11-12,15,20H,1,6-10,13H2,2-5H3. The molecule has 3 nitrogen and oxygen atoms in total. The minimum absolute atomic E-state index is 0.0105. The highest BCUT2D eigenvalue weighted by atomic mass is 16.5. The summed E-state index contributed by atoms with van der Waals surface area (Å²) in [6.07, 6.45) is 9.35. The van der Waals surface area contributed by atoms with Crippen LogP contribution in [0.25, 0.3) is 0 Å². The first-order valence-corrected chi connectivity index (χ1v) is 9.45. The molecule has 2 fully saturated rings. The van der Waals surface area contributed by atoms with Gasteiger partial charge in [0.25, 0.3) is 0 Å². The van der Waals surface area contributed by atoms with E-state index in [-0.39, 0.29) is 28.2 Å². The molecule has 3 aliphatic rings. The van der Waals surface area contributed by atoms with Gasteiger partial charge in [0.15, 0.2) is 11.5 Å². The molecule has 0 aliphatic heterocycles. The van der Waals surface area contributed by atoms with Crippen LogP contribution >= 0.6 is 0 Å². The second-order valence-corrected chi connectivity index (χ2v) is 8.70. The van der Waals surface area contributed by atoms with Gasteiger partial charge in [0.05, 0.1) is 7.11 Å². The van der Waals surface area contributed by atoms with Crippen molar-refractivity contribution in [3.63, 3.8) is 0 Å². The molecule has 0 spiro atoms. The lowest BCUT2D eigenvalue weighted by atomic mass is 9.46. The Hall–Kier alpha value is -1.64. The molecular formula is C22H30O3. The van der Waals surface area contributed by atoms with Crippen molar-refractivity contribution in [1.82, 2.24) is 0 Å². The van der Waals surface area contributed by atoms with E-state index in [1.54, 1.807) is 0 Å². The normalized spacial score (nSPS) is 38.8. The minimum Gasteiger partial charge on any atom is -0.493 e. The van der Waals surface area contributed by atoms with Crippen molar-refractivity contribution in [1.29, 1.82) is 0 Å². The molecule has 3 heteroatoms. The van der Waals surface area contributed by atoms with E-state index in [0.29, 0.717) is 23.8 Å². The summed E-state index contributed by atoms with van der Waals surface area (Å²) in [6.45, 7) is 11.4. The van der Waals surface area contributed by atoms with Crippen LogP contribution in [0, 0.1) is 22.7 Å². The third-order valence-corrected chi connectivity index (χ3v) is 7.48. The monoisotopic (exact) mass is 342 g/mol. The summed E-state index contributed by atoms with van der Waals surface area (Å²) in [5.74, 6) is 0.910. The first kappa shape index (κ1) is 18.2. The molecule has 25 heavy (non-hydrogen) atoms. The van der Waals surface area contributed by atoms with Gasteiger partial charge in [0, 0.05) is 11.6 Å². The number of carbonyl (C=O) groups excluding carboxylic acids is 2. The van der Waals surface area contributed by atoms with E-state index < -0.39 is 0 Å². The van der Waals surface area contributed by atoms with E-state index in [9.17, 15) is 9.59 Å². The highest BCUT2D eigenvalue weighted by Crippen LogP contribution is 2.63. The van der Waals surface area contributed by atoms with Crippen LogP contribution in [-0.2, 0) is 14.3 Å². The van der Waals surface area contributed by atoms with Gasteiger partial charge in [-0.1, -0.05) is 32.9 Å². The molecule has 0 aromatic heterocycles. The molecule has 4 atom stereocenters. The molecule has 4 unspecified atom stereocenters. The molecule has 0 saturated heterocycles. The molecule has 136 valence electrons. The second-order valence-electron chi connectivity index (χ2n) is 8.70. The Morgan fingerprint density at radius 2 is 1.92 bits per heavy atom. The van der Waals surface area contributed by atoms with Crippen molar-refractivity contribution in [3.8, 4) is 0 Å². The Bertz CT molecular complexity index is 683. The van der Waals surface area contributed by atoms with E-state index in [1.807, 2.05) is 0 Å². The minimum atomic E-state index is -0.194. The van der Waals surface area contributed by atoms with Crippen molar-refractivity contribution >= 4 is 11.6 Å². The van der Waals surface area contributed by atoms with Gasteiger partial charge in [-0.3, -0.25) is 9.59 Å². The number of ether oxygens (including phenoxy) is 1. The first-order valence-electron chi connectivity index (χ1n) is 9.45. The van der Waals surface area contributed by atoms with Crippen LogP contribution in [0.4, 0.5) is 0 Å². The van der Waals surface area contributed by atoms with E-state index in [0.717, 1.165) is 12.8 Å². The highest BCUT2D eigenvalue weighted by Gasteiger charge is 2.54. The fourth-order valence-electron chi connectivity index (χ4n) is 5.56. The van der Waals surface area contributed by atoms with Crippen molar-refractivity contribution in [2.24, 2.45) is 22.7 Å². The zero-order valence-corrected chi connectivity index (χ0v) is 16.0. The fraction of sp³-hybridized carbons (Fsp3) is 0.636. The molecule has 3 rings (SSSR count). The lowest BCUT2D eigenvalue weighted by molar-refractivity contribution is -0.118. The van der Waals surface area contributed by atoms with Crippen molar-refractivity contribution in [2.45, 2.75) is 59.3 Å². The number of allylic oxidation sites excluding steroid dienone is 4. The quantitative estimate of drug-likeness (QED) is 0.547. The molecule has 3 aliphatic carbocycles. The third kappa shape index (κ3) is 2.82. The predicted octanol–water partition coefficient (Wildman–Crippen LogP) is 4.78. The lowest BCUT2D eigenvalue weighted by Gasteiger charge is -2.59. The number of hydrogen-bond donors (Lipinski definition) is 0. The van der Waals surface area contributed by atoms with Crippen LogP contribution in [0.5, 0.6) is 0 Å². The van der Waals surface area contributed by atoms with E-state index in [2.05, 4.69) is 27.4 Å². The van der Waals surface area contributed by atoms with Gasteiger partial charge >= 0.3 is 0 Å². The van der Waals surface area contributed by atoms with Gasteiger partial charge in [-0.05, 0) is 67.3 Å². The maximum absolute atomic E-state index is 12.5. The summed E-state index contributed by atoms with van der Waals surface area (Å²) >= 11 is 0. The number of ketones is 2. The third-order valence-electron chi connectivity index (χ3n) is 7.48. The SMILES string of the molecule is C=C1CCCC2C1(C)CCC(C)C2(C)CC1=CC(=O)C(OC)=CC1=O. The zero-order valence-electron chi connectivity index (χ0n) is 16.0. The van der Waals surface area contributed by atoms with E-state index >= 15 is 0 Å². The van der Waals surface area contributed by atoms with Gasteiger partial charge in [0.1, 0.15) is 0 Å². The number of carbonyl (C=O) groups is 2. The van der Waals surface area contributed by atoms with Crippen LogP contribution < -0.4 is 0 Å². The van der Waals surface area contributed by atoms with Crippen LogP contribution in [0.15, 0.2) is 35.6 Å². The Kier molecular flexibility index (Phi) is 4.55. The maximum atomic E-state index is 12.5. The highest BCUT2D eigenvalue weighted by molar-refractivity contribution is 6.19. The molecule has 0 N–H and O–H groups in total. The Labute approximate surface area is 151 Å². The molecule has 0 bridgehead atoms. The van der Waals surface area contributed by atoms with E-state index in [1.165, 1.54) is 44.1 Å². The second kappa shape index (κ2) is 6.26. The summed E-state index contributed by atoms with van der Waals surface area (Å²) < 4.78 is 5.01. The average molecular weight is 342 g/mol. The number of methoxy groups -OCH3 is 1. The van der Waals surface area contributed by atoms with Gasteiger partial charge in [-0.15, -0.1) is 0 Å². The first-order chi connectivity index (χ1) is 11.7. The van der Waals surface area contributed by atoms with Crippen LogP contribution in [-0.4, -0.2) is 18.7 Å². The summed E-state index contributed by atoms with van der Waals surface area (Å²) in [5, 5.41) is 0. The largest absolute Gasteiger partial charge is 0.493 e. The van der Waals surface area contributed by atoms with Crippen LogP contribution in [0.1, 0.15) is 59.3 Å². The van der Waals surface area contributed by atoms with Gasteiger partial charge < -0.3 is 4.74 Å². The lowest BCUT2D eigenvalue weighted by Crippen LogP contribution is -2.50. The summed E-state index contributed by atoms with van der Waals surface area (Å²) in [7, 11) is 1.43. The number of fused-ring (bicyclic) bond motifs is 1. The Morgan fingerprint density at radius 3 is 2.60 bits per heavy atom. The summed E-state index contributed by atoms with van der Waals surface area (Å²) in [5.41, 5.74) is 2.19.